The highest BCUT2D eigenvalue weighted by Gasteiger charge is 2.28. The third-order valence-electron chi connectivity index (χ3n) is 12.8. The first-order chi connectivity index (χ1) is 40.0. The van der Waals surface area contributed by atoms with E-state index >= 15 is 0 Å². The molecule has 0 saturated heterocycles. The minimum absolute atomic E-state index is 0.00986. The number of ether oxygens (including phenoxy) is 7. The number of hydrogen-bond donors (Lipinski definition) is 7. The molecule has 0 heterocycles. The Kier molecular flexibility index (Phi) is 25.8. The molecule has 10 N–H and O–H groups in total. The van der Waals surface area contributed by atoms with Gasteiger partial charge in [-0.3, -0.25) is 33.6 Å². The molecule has 21 heteroatoms. The second-order valence-corrected chi connectivity index (χ2v) is 19.3. The smallest absolute Gasteiger partial charge is 0.259 e. The van der Waals surface area contributed by atoms with Crippen LogP contribution in [0.5, 0.6) is 40.2 Å². The van der Waals surface area contributed by atoms with Gasteiger partial charge >= 0.3 is 0 Å². The van der Waals surface area contributed by atoms with E-state index in [9.17, 15) is 33.6 Å². The van der Waals surface area contributed by atoms with Crippen molar-refractivity contribution in [2.45, 2.75) is 119 Å². The largest absolute Gasteiger partial charge is 0.495 e. The summed E-state index contributed by atoms with van der Waals surface area (Å²) in [4.78, 5) is 96.0. The van der Waals surface area contributed by atoms with Crippen LogP contribution in [-0.4, -0.2) is 88.1 Å². The zero-order chi connectivity index (χ0) is 60.4. The number of primary amides is 3. The number of nitrogens with two attached hydrogens (primary N) is 3. The second kappa shape index (κ2) is 33.0. The van der Waals surface area contributed by atoms with Crippen molar-refractivity contribution in [3.8, 4) is 40.2 Å². The summed E-state index contributed by atoms with van der Waals surface area (Å²) < 4.78 is 42.6. The lowest BCUT2D eigenvalue weighted by Gasteiger charge is -2.21. The van der Waals surface area contributed by atoms with Crippen molar-refractivity contribution < 1.29 is 66.7 Å². The minimum Gasteiger partial charge on any atom is -0.495 e. The Morgan fingerprint density at radius 1 is 0.337 bits per heavy atom. The predicted octanol–water partition coefficient (Wildman–Crippen LogP) is 11.1. The molecule has 83 heavy (non-hydrogen) atoms. The standard InChI is InChI=1S/C62H79N7O14/c1-8-14-24-78-49-22-20-38(56(63)70)30-41(49)59(73)66-45-34-47(53(82-28-18-12-5)36-51(45)80-26-16-10-3)68-61(75)43-32-40(58(65)72)33-44(55(43)77-7)62(76)69-48-35-46(52(81-27-17-11-4)37-54(48)83-29-19-13-6)67-60(74)42-31-39(57(64)71)21-23-50(42)79-25-15-9-2/h20-23,30-37H,8-19,24-29H2,1-7H3,(H2,63,70)(H2,64,71)(H2,65,72)(H,66,73)(H,67,74)(H,68,75)(H,69,76). The van der Waals surface area contributed by atoms with Gasteiger partial charge in [-0.1, -0.05) is 80.1 Å². The minimum atomic E-state index is -0.989. The molecule has 5 aromatic rings. The quantitative estimate of drug-likeness (QED) is 0.0184. The first-order valence-corrected chi connectivity index (χ1v) is 28.3. The van der Waals surface area contributed by atoms with Crippen LogP contribution in [0.2, 0.25) is 0 Å². The van der Waals surface area contributed by atoms with Crippen molar-refractivity contribution in [3.63, 3.8) is 0 Å². The molecule has 0 aliphatic rings. The third-order valence-corrected chi connectivity index (χ3v) is 12.8. The van der Waals surface area contributed by atoms with E-state index in [0.717, 1.165) is 38.5 Å². The normalized spacial score (nSPS) is 10.7. The van der Waals surface area contributed by atoms with E-state index in [1.54, 1.807) is 0 Å². The van der Waals surface area contributed by atoms with Gasteiger partial charge in [0.15, 0.2) is 0 Å². The van der Waals surface area contributed by atoms with Gasteiger partial charge in [-0.15, -0.1) is 0 Å². The molecular formula is C62H79N7O14. The fourth-order valence-electron chi connectivity index (χ4n) is 8.01. The summed E-state index contributed by atoms with van der Waals surface area (Å²) >= 11 is 0. The summed E-state index contributed by atoms with van der Waals surface area (Å²) in [5.74, 6) is -4.83. The van der Waals surface area contributed by atoms with Crippen LogP contribution in [0.25, 0.3) is 0 Å². The maximum Gasteiger partial charge on any atom is 0.259 e. The molecule has 5 aromatic carbocycles. The molecule has 21 nitrogen and oxygen atoms in total. The Morgan fingerprint density at radius 3 is 0.843 bits per heavy atom. The van der Waals surface area contributed by atoms with Crippen LogP contribution in [-0.2, 0) is 0 Å². The summed E-state index contributed by atoms with van der Waals surface area (Å²) in [7, 11) is 1.23. The number of hydrogen-bond acceptors (Lipinski definition) is 14. The first-order valence-electron chi connectivity index (χ1n) is 28.3. The van der Waals surface area contributed by atoms with E-state index in [1.807, 2.05) is 41.5 Å². The molecule has 0 bridgehead atoms. The van der Waals surface area contributed by atoms with Gasteiger partial charge in [0.05, 0.1) is 91.8 Å². The van der Waals surface area contributed by atoms with Gasteiger partial charge < -0.3 is 71.6 Å². The number of methoxy groups -OCH3 is 1. The van der Waals surface area contributed by atoms with Crippen LogP contribution in [0, 0.1) is 0 Å². The van der Waals surface area contributed by atoms with E-state index in [4.69, 9.17) is 50.4 Å². The van der Waals surface area contributed by atoms with Crippen LogP contribution in [0.15, 0.2) is 72.8 Å². The number of rotatable bonds is 36. The van der Waals surface area contributed by atoms with E-state index in [0.29, 0.717) is 51.7 Å². The van der Waals surface area contributed by atoms with E-state index in [1.165, 1.54) is 79.9 Å². The van der Waals surface area contributed by atoms with Crippen LogP contribution in [0.4, 0.5) is 22.7 Å². The maximum absolute atomic E-state index is 14.9. The molecule has 446 valence electrons. The van der Waals surface area contributed by atoms with Gasteiger partial charge in [0, 0.05) is 28.8 Å². The van der Waals surface area contributed by atoms with E-state index < -0.39 is 41.4 Å². The lowest BCUT2D eigenvalue weighted by atomic mass is 10.0. The number of anilines is 4. The Hall–Kier alpha value is -9.01. The van der Waals surface area contributed by atoms with Gasteiger partial charge in [-0.25, -0.2) is 0 Å². The Balaban J connectivity index is 1.62. The predicted molar refractivity (Wildman–Crippen MR) is 319 cm³/mol. The van der Waals surface area contributed by atoms with Crippen LogP contribution in [0.3, 0.4) is 0 Å². The Bertz CT molecular complexity index is 2900. The van der Waals surface area contributed by atoms with E-state index in [2.05, 4.69) is 21.3 Å². The van der Waals surface area contributed by atoms with Crippen LogP contribution >= 0.6 is 0 Å². The molecule has 7 amide bonds. The fourth-order valence-corrected chi connectivity index (χ4v) is 8.01. The highest BCUT2D eigenvalue weighted by atomic mass is 16.5. The molecule has 0 aliphatic heterocycles. The molecule has 0 saturated carbocycles. The number of amides is 7. The molecule has 0 aliphatic carbocycles. The monoisotopic (exact) mass is 1150 g/mol. The maximum atomic E-state index is 14.9. The van der Waals surface area contributed by atoms with Gasteiger partial charge in [0.25, 0.3) is 23.6 Å². The summed E-state index contributed by atoms with van der Waals surface area (Å²) in [6.07, 6.45) is 8.77. The van der Waals surface area contributed by atoms with Crippen molar-refractivity contribution in [2.24, 2.45) is 17.2 Å². The van der Waals surface area contributed by atoms with Crippen molar-refractivity contribution >= 4 is 64.1 Å². The van der Waals surface area contributed by atoms with Crippen molar-refractivity contribution in [1.82, 2.24) is 0 Å². The number of carbonyl (C=O) groups excluding carboxylic acids is 7. The molecule has 0 aromatic heterocycles. The average Bonchev–Trinajstić information content (AvgIpc) is 3.49. The SMILES string of the molecule is CCCCOc1cc(OCCCC)c(NC(=O)c2cc(C(N)=O)cc(C(=O)Nc3cc(NC(=O)c4cc(C(N)=O)ccc4OCCCC)c(OCCCC)cc3OCCCC)c2OC)cc1NC(=O)c1cc(C(N)=O)ccc1OCCCC. The van der Waals surface area contributed by atoms with Gasteiger partial charge in [-0.05, 0) is 99.2 Å². The van der Waals surface area contributed by atoms with Crippen molar-refractivity contribution in [3.05, 3.63) is 112 Å². The van der Waals surface area contributed by atoms with Gasteiger partial charge in [0.1, 0.15) is 40.2 Å². The van der Waals surface area contributed by atoms with Crippen molar-refractivity contribution in [1.29, 1.82) is 0 Å². The van der Waals surface area contributed by atoms with E-state index in [-0.39, 0.29) is 128 Å². The first kappa shape index (κ1) is 64.8. The van der Waals surface area contributed by atoms with Gasteiger partial charge in [0.2, 0.25) is 17.7 Å². The van der Waals surface area contributed by atoms with Crippen LogP contribution < -0.4 is 71.6 Å². The highest BCUT2D eigenvalue weighted by Crippen LogP contribution is 2.41. The van der Waals surface area contributed by atoms with Crippen molar-refractivity contribution in [2.75, 3.05) is 68.0 Å². The summed E-state index contributed by atoms with van der Waals surface area (Å²) in [5.41, 5.74) is 16.7. The van der Waals surface area contributed by atoms with Crippen LogP contribution in [0.1, 0.15) is 191 Å². The molecule has 5 rings (SSSR count). The lowest BCUT2D eigenvalue weighted by molar-refractivity contribution is 0.0986. The lowest BCUT2D eigenvalue weighted by Crippen LogP contribution is -2.22. The fraction of sp³-hybridized carbons (Fsp3) is 0.403. The summed E-state index contributed by atoms with van der Waals surface area (Å²) in [6.45, 7) is 13.5. The summed E-state index contributed by atoms with van der Waals surface area (Å²) in [6, 6.07) is 16.9. The number of benzene rings is 5. The zero-order valence-corrected chi connectivity index (χ0v) is 48.6. The Labute approximate surface area is 484 Å². The molecule has 0 unspecified atom stereocenters. The number of nitrogens with one attached hydrogen (secondary N) is 4. The number of unbranched alkanes of at least 4 members (excludes halogenated alkanes) is 6. The molecule has 0 fully saturated rings. The second-order valence-electron chi connectivity index (χ2n) is 19.3. The highest BCUT2D eigenvalue weighted by molar-refractivity contribution is 6.16. The number of carbonyl (C=O) groups is 7. The third kappa shape index (κ3) is 18.5. The average molecular weight is 1150 g/mol. The molecule has 0 radical (unpaired) electrons. The molecular weight excluding hydrogens is 1070 g/mol. The summed E-state index contributed by atoms with van der Waals surface area (Å²) in [5, 5.41) is 11.4. The topological polar surface area (TPSA) is 310 Å². The van der Waals surface area contributed by atoms with Gasteiger partial charge in [-0.2, -0.15) is 0 Å². The molecule has 0 spiro atoms. The zero-order valence-electron chi connectivity index (χ0n) is 48.6. The molecule has 0 atom stereocenters. The Morgan fingerprint density at radius 2 is 0.590 bits per heavy atom.